The van der Waals surface area contributed by atoms with Crippen molar-refractivity contribution in [3.05, 3.63) is 59.1 Å². The minimum Gasteiger partial charge on any atom is -0.324 e. The maximum Gasteiger partial charge on any atom is 0.232 e. The molecule has 0 saturated heterocycles. The van der Waals surface area contributed by atoms with E-state index in [2.05, 4.69) is 5.32 Å². The smallest absolute Gasteiger partial charge is 0.232 e. The van der Waals surface area contributed by atoms with Gasteiger partial charge in [0.2, 0.25) is 15.9 Å². The maximum atomic E-state index is 13.5. The molecule has 0 atom stereocenters. The molecule has 0 aliphatic rings. The van der Waals surface area contributed by atoms with Gasteiger partial charge in [-0.05, 0) is 30.3 Å². The average molecular weight is 389 g/mol. The summed E-state index contributed by atoms with van der Waals surface area (Å²) in [5.74, 6) is -2.29. The van der Waals surface area contributed by atoms with Gasteiger partial charge in [-0.2, -0.15) is 0 Å². The quantitative estimate of drug-likeness (QED) is 0.824. The van der Waals surface area contributed by atoms with Crippen LogP contribution < -0.4 is 9.62 Å². The molecule has 0 aromatic heterocycles. The molecule has 2 aromatic rings. The van der Waals surface area contributed by atoms with E-state index in [-0.39, 0.29) is 18.7 Å². The zero-order valence-corrected chi connectivity index (χ0v) is 14.7. The topological polar surface area (TPSA) is 66.5 Å². The molecule has 9 heteroatoms. The molecule has 0 spiro atoms. The van der Waals surface area contributed by atoms with E-state index in [0.29, 0.717) is 16.8 Å². The lowest BCUT2D eigenvalue weighted by Crippen LogP contribution is -2.33. The zero-order valence-electron chi connectivity index (χ0n) is 13.2. The second-order valence-electron chi connectivity index (χ2n) is 5.24. The van der Waals surface area contributed by atoms with Gasteiger partial charge in [-0.1, -0.05) is 17.7 Å². The van der Waals surface area contributed by atoms with Crippen molar-refractivity contribution >= 4 is 38.9 Å². The standard InChI is InChI=1S/C16H15ClF2N2O3S/c1-25(23,24)21(13-4-2-3-11(17)9-13)8-7-16(22)20-15-6-5-12(18)10-14(15)19/h2-6,9-10H,7-8H2,1H3,(H,20,22). The fraction of sp³-hybridized carbons (Fsp3) is 0.188. The number of sulfonamides is 1. The molecule has 0 aliphatic heterocycles. The molecule has 2 rings (SSSR count). The van der Waals surface area contributed by atoms with E-state index in [1.807, 2.05) is 0 Å². The summed E-state index contributed by atoms with van der Waals surface area (Å²) in [5, 5.41) is 2.63. The van der Waals surface area contributed by atoms with Crippen LogP contribution in [0.3, 0.4) is 0 Å². The first kappa shape index (κ1) is 19.1. The highest BCUT2D eigenvalue weighted by atomic mass is 35.5. The summed E-state index contributed by atoms with van der Waals surface area (Å²) in [4.78, 5) is 12.0. The van der Waals surface area contributed by atoms with Gasteiger partial charge in [-0.25, -0.2) is 17.2 Å². The summed E-state index contributed by atoms with van der Waals surface area (Å²) >= 11 is 5.87. The lowest BCUT2D eigenvalue weighted by atomic mass is 10.2. The van der Waals surface area contributed by atoms with Gasteiger partial charge in [-0.3, -0.25) is 9.10 Å². The molecular formula is C16H15ClF2N2O3S. The minimum absolute atomic E-state index is 0.159. The lowest BCUT2D eigenvalue weighted by molar-refractivity contribution is -0.116. The number of hydrogen-bond donors (Lipinski definition) is 1. The van der Waals surface area contributed by atoms with Gasteiger partial charge in [0.25, 0.3) is 0 Å². The predicted octanol–water partition coefficient (Wildman–Crippen LogP) is 3.41. The van der Waals surface area contributed by atoms with Crippen LogP contribution in [-0.2, 0) is 14.8 Å². The summed E-state index contributed by atoms with van der Waals surface area (Å²) in [7, 11) is -3.65. The molecule has 134 valence electrons. The Labute approximate surface area is 149 Å². The van der Waals surface area contributed by atoms with Gasteiger partial charge in [0, 0.05) is 24.1 Å². The Kier molecular flexibility index (Phi) is 5.97. The third kappa shape index (κ3) is 5.40. The molecule has 1 N–H and O–H groups in total. The minimum atomic E-state index is -3.65. The van der Waals surface area contributed by atoms with Gasteiger partial charge in [-0.15, -0.1) is 0 Å². The van der Waals surface area contributed by atoms with Crippen molar-refractivity contribution < 1.29 is 22.0 Å². The first-order valence-electron chi connectivity index (χ1n) is 7.15. The predicted molar refractivity (Wildman–Crippen MR) is 93.2 cm³/mol. The number of nitrogens with zero attached hydrogens (tertiary/aromatic N) is 1. The Hall–Kier alpha value is -2.19. The maximum absolute atomic E-state index is 13.5. The average Bonchev–Trinajstić information content (AvgIpc) is 2.49. The van der Waals surface area contributed by atoms with Crippen LogP contribution in [0.25, 0.3) is 0 Å². The van der Waals surface area contributed by atoms with Crippen molar-refractivity contribution in [3.8, 4) is 0 Å². The van der Waals surface area contributed by atoms with E-state index >= 15 is 0 Å². The van der Waals surface area contributed by atoms with Crippen molar-refractivity contribution in [2.24, 2.45) is 0 Å². The van der Waals surface area contributed by atoms with E-state index in [9.17, 15) is 22.0 Å². The Morgan fingerprint density at radius 3 is 2.52 bits per heavy atom. The number of anilines is 2. The van der Waals surface area contributed by atoms with E-state index in [1.165, 1.54) is 6.07 Å². The molecule has 2 aromatic carbocycles. The summed E-state index contributed by atoms with van der Waals surface area (Å²) in [5.41, 5.74) is 0.135. The molecule has 25 heavy (non-hydrogen) atoms. The van der Waals surface area contributed by atoms with E-state index in [4.69, 9.17) is 11.6 Å². The Morgan fingerprint density at radius 1 is 1.20 bits per heavy atom. The van der Waals surface area contributed by atoms with Gasteiger partial charge in [0.15, 0.2) is 0 Å². The highest BCUT2D eigenvalue weighted by Crippen LogP contribution is 2.22. The molecule has 1 amide bonds. The zero-order chi connectivity index (χ0) is 18.6. The summed E-state index contributed by atoms with van der Waals surface area (Å²) in [6.45, 7) is -0.159. The van der Waals surface area contributed by atoms with Crippen molar-refractivity contribution in [2.75, 3.05) is 22.4 Å². The van der Waals surface area contributed by atoms with Crippen LogP contribution in [-0.4, -0.2) is 27.1 Å². The normalized spacial score (nSPS) is 11.2. The summed E-state index contributed by atoms with van der Waals surface area (Å²) in [6, 6.07) is 8.93. The third-order valence-electron chi connectivity index (χ3n) is 3.24. The lowest BCUT2D eigenvalue weighted by Gasteiger charge is -2.22. The van der Waals surface area contributed by atoms with Crippen molar-refractivity contribution in [3.63, 3.8) is 0 Å². The molecule has 0 unspecified atom stereocenters. The van der Waals surface area contributed by atoms with Gasteiger partial charge >= 0.3 is 0 Å². The Balaban J connectivity index is 2.09. The van der Waals surface area contributed by atoms with E-state index in [1.54, 1.807) is 18.2 Å². The van der Waals surface area contributed by atoms with E-state index in [0.717, 1.165) is 22.7 Å². The first-order chi connectivity index (χ1) is 11.7. The molecular weight excluding hydrogens is 374 g/mol. The SMILES string of the molecule is CS(=O)(=O)N(CCC(=O)Nc1ccc(F)cc1F)c1cccc(Cl)c1. The van der Waals surface area contributed by atoms with Crippen LogP contribution in [0.4, 0.5) is 20.2 Å². The van der Waals surface area contributed by atoms with Crippen LogP contribution in [0, 0.1) is 11.6 Å². The second-order valence-corrected chi connectivity index (χ2v) is 7.58. The third-order valence-corrected chi connectivity index (χ3v) is 4.67. The van der Waals surface area contributed by atoms with Crippen LogP contribution in [0.2, 0.25) is 5.02 Å². The number of carbonyl (C=O) groups is 1. The molecule has 0 bridgehead atoms. The number of nitrogens with one attached hydrogen (secondary N) is 1. The summed E-state index contributed by atoms with van der Waals surface area (Å²) < 4.78 is 51.3. The van der Waals surface area contributed by atoms with Crippen LogP contribution in [0.15, 0.2) is 42.5 Å². The van der Waals surface area contributed by atoms with Crippen LogP contribution >= 0.6 is 11.6 Å². The number of amides is 1. The Bertz CT molecular complexity index is 891. The van der Waals surface area contributed by atoms with Gasteiger partial charge in [0.1, 0.15) is 11.6 Å². The van der Waals surface area contributed by atoms with Crippen LogP contribution in [0.5, 0.6) is 0 Å². The first-order valence-corrected chi connectivity index (χ1v) is 9.37. The molecule has 0 aliphatic carbocycles. The van der Waals surface area contributed by atoms with E-state index < -0.39 is 27.6 Å². The fourth-order valence-electron chi connectivity index (χ4n) is 2.12. The van der Waals surface area contributed by atoms with Gasteiger partial charge < -0.3 is 5.32 Å². The number of hydrogen-bond acceptors (Lipinski definition) is 3. The van der Waals surface area contributed by atoms with Gasteiger partial charge in [0.05, 0.1) is 17.6 Å². The molecule has 0 saturated carbocycles. The van der Waals surface area contributed by atoms with Crippen molar-refractivity contribution in [1.82, 2.24) is 0 Å². The number of halogens is 3. The highest BCUT2D eigenvalue weighted by molar-refractivity contribution is 7.92. The molecule has 5 nitrogen and oxygen atoms in total. The monoisotopic (exact) mass is 388 g/mol. The highest BCUT2D eigenvalue weighted by Gasteiger charge is 2.19. The summed E-state index contributed by atoms with van der Waals surface area (Å²) in [6.07, 6.45) is 0.780. The molecule has 0 radical (unpaired) electrons. The van der Waals surface area contributed by atoms with Crippen LogP contribution in [0.1, 0.15) is 6.42 Å². The molecule has 0 fully saturated rings. The number of carbonyl (C=O) groups excluding carboxylic acids is 1. The number of benzene rings is 2. The van der Waals surface area contributed by atoms with Crippen molar-refractivity contribution in [1.29, 1.82) is 0 Å². The fourth-order valence-corrected chi connectivity index (χ4v) is 3.23. The molecule has 0 heterocycles. The largest absolute Gasteiger partial charge is 0.324 e. The second kappa shape index (κ2) is 7.79. The van der Waals surface area contributed by atoms with Crippen molar-refractivity contribution in [2.45, 2.75) is 6.42 Å². The number of rotatable bonds is 6. The Morgan fingerprint density at radius 2 is 1.92 bits per heavy atom.